The lowest BCUT2D eigenvalue weighted by molar-refractivity contribution is 0.631. The highest BCUT2D eigenvalue weighted by Crippen LogP contribution is 2.24. The predicted octanol–water partition coefficient (Wildman–Crippen LogP) is 8.19. The molecule has 2 nitrogen and oxygen atoms in total. The molecule has 0 aliphatic carbocycles. The van der Waals surface area contributed by atoms with Crippen LogP contribution in [0.3, 0.4) is 0 Å². The summed E-state index contributed by atoms with van der Waals surface area (Å²) in [5.41, 5.74) is 5.78. The van der Waals surface area contributed by atoms with Crippen molar-refractivity contribution >= 4 is 12.4 Å². The fraction of sp³-hybridized carbons (Fsp3) is 0.267. The van der Waals surface area contributed by atoms with Crippen LogP contribution in [0.5, 0.6) is 0 Å². The minimum Gasteiger partial charge on any atom is -0.206 e. The number of rotatable bonds is 12. The molecule has 0 heterocycles. The summed E-state index contributed by atoms with van der Waals surface area (Å²) in [6.45, 7) is 5.94. The van der Waals surface area contributed by atoms with E-state index in [-0.39, 0.29) is 5.82 Å². The van der Waals surface area contributed by atoms with Crippen molar-refractivity contribution in [2.24, 2.45) is 10.2 Å². The Bertz CT molecular complexity index is 1060. The van der Waals surface area contributed by atoms with Gasteiger partial charge < -0.3 is 0 Å². The third-order valence-electron chi connectivity index (χ3n) is 5.66. The summed E-state index contributed by atoms with van der Waals surface area (Å²) in [5.74, 6) is -0.257. The number of unbranched alkanes of at least 4 members (excludes halogenated alkanes) is 3. The molecule has 170 valence electrons. The van der Waals surface area contributed by atoms with Crippen molar-refractivity contribution < 1.29 is 4.39 Å². The van der Waals surface area contributed by atoms with Gasteiger partial charge in [0.1, 0.15) is 5.82 Å². The summed E-state index contributed by atoms with van der Waals surface area (Å²) in [4.78, 5) is 0. The first-order valence-electron chi connectivity index (χ1n) is 11.8. The zero-order valence-corrected chi connectivity index (χ0v) is 19.5. The summed E-state index contributed by atoms with van der Waals surface area (Å²) >= 11 is 0. The second-order valence-corrected chi connectivity index (χ2v) is 8.30. The fourth-order valence-corrected chi connectivity index (χ4v) is 3.67. The molecule has 0 saturated heterocycles. The van der Waals surface area contributed by atoms with Gasteiger partial charge in [0.15, 0.2) is 0 Å². The first-order valence-corrected chi connectivity index (χ1v) is 11.8. The van der Waals surface area contributed by atoms with Gasteiger partial charge >= 0.3 is 0 Å². The van der Waals surface area contributed by atoms with Crippen LogP contribution in [0.15, 0.2) is 89.6 Å². The number of hydrogen-bond acceptors (Lipinski definition) is 2. The summed E-state index contributed by atoms with van der Waals surface area (Å²) in [6, 6.07) is 21.7. The molecule has 0 spiro atoms. The van der Waals surface area contributed by atoms with E-state index < -0.39 is 0 Å². The molecule has 0 amide bonds. The molecule has 0 saturated carbocycles. The molecule has 3 rings (SSSR count). The fourth-order valence-electron chi connectivity index (χ4n) is 3.67. The number of hydrogen-bond donors (Lipinski definition) is 0. The quantitative estimate of drug-likeness (QED) is 0.117. The molecule has 0 atom stereocenters. The van der Waals surface area contributed by atoms with Crippen molar-refractivity contribution in [3.05, 3.63) is 107 Å². The van der Waals surface area contributed by atoms with Gasteiger partial charge in [-0.15, -0.1) is 6.58 Å². The standard InChI is InChI=1S/C30H33FN2/c1-3-5-7-8-10-25-11-13-26(14-12-25)22-32-33-23-27-17-20-29(30(31)21-27)28-18-15-24(16-19-28)9-6-4-2/h3,11-23H,1,4-10H2,2H3. The van der Waals surface area contributed by atoms with Crippen molar-refractivity contribution in [3.8, 4) is 11.1 Å². The van der Waals surface area contributed by atoms with E-state index in [0.29, 0.717) is 11.1 Å². The molecular weight excluding hydrogens is 407 g/mol. The van der Waals surface area contributed by atoms with Crippen molar-refractivity contribution in [3.63, 3.8) is 0 Å². The first-order chi connectivity index (χ1) is 16.2. The Balaban J connectivity index is 1.55. The second kappa shape index (κ2) is 13.3. The van der Waals surface area contributed by atoms with Crippen LogP contribution in [-0.4, -0.2) is 12.4 Å². The first kappa shape index (κ1) is 24.3. The Labute approximate surface area is 197 Å². The van der Waals surface area contributed by atoms with Gasteiger partial charge in [-0.2, -0.15) is 10.2 Å². The predicted molar refractivity (Wildman–Crippen MR) is 140 cm³/mol. The van der Waals surface area contributed by atoms with Gasteiger partial charge in [0.2, 0.25) is 0 Å². The molecule has 33 heavy (non-hydrogen) atoms. The number of allylic oxidation sites excluding steroid dienone is 1. The topological polar surface area (TPSA) is 24.7 Å². The Kier molecular flexibility index (Phi) is 9.78. The maximum Gasteiger partial charge on any atom is 0.131 e. The zero-order chi connectivity index (χ0) is 23.3. The summed E-state index contributed by atoms with van der Waals surface area (Å²) in [5, 5.41) is 8.19. The van der Waals surface area contributed by atoms with Crippen molar-refractivity contribution in [2.45, 2.75) is 51.9 Å². The van der Waals surface area contributed by atoms with Crippen LogP contribution in [0.2, 0.25) is 0 Å². The Morgan fingerprint density at radius 1 is 0.758 bits per heavy atom. The Morgan fingerprint density at radius 3 is 2.00 bits per heavy atom. The molecule has 0 aliphatic heterocycles. The van der Waals surface area contributed by atoms with Gasteiger partial charge in [0, 0.05) is 5.56 Å². The van der Waals surface area contributed by atoms with Gasteiger partial charge in [-0.05, 0) is 72.4 Å². The van der Waals surface area contributed by atoms with Crippen molar-refractivity contribution in [1.82, 2.24) is 0 Å². The molecule has 3 aromatic carbocycles. The second-order valence-electron chi connectivity index (χ2n) is 8.30. The average Bonchev–Trinajstić information content (AvgIpc) is 2.84. The van der Waals surface area contributed by atoms with Crippen LogP contribution in [0.4, 0.5) is 4.39 Å². The van der Waals surface area contributed by atoms with Crippen LogP contribution in [0, 0.1) is 5.82 Å². The minimum atomic E-state index is -0.257. The minimum absolute atomic E-state index is 0.257. The van der Waals surface area contributed by atoms with Gasteiger partial charge in [0.05, 0.1) is 12.4 Å². The van der Waals surface area contributed by atoms with E-state index in [1.807, 2.05) is 36.4 Å². The maximum atomic E-state index is 14.7. The largest absolute Gasteiger partial charge is 0.206 e. The summed E-state index contributed by atoms with van der Waals surface area (Å²) in [7, 11) is 0. The molecular formula is C30H33FN2. The SMILES string of the molecule is C=CCCCCc1ccc(C=NN=Cc2ccc(-c3ccc(CCCC)cc3)c(F)c2)cc1. The normalized spacial score (nSPS) is 11.5. The number of aryl methyl sites for hydroxylation is 2. The van der Waals surface area contributed by atoms with E-state index in [1.165, 1.54) is 42.9 Å². The average molecular weight is 441 g/mol. The Morgan fingerprint density at radius 2 is 1.36 bits per heavy atom. The van der Waals surface area contributed by atoms with Crippen LogP contribution < -0.4 is 0 Å². The molecule has 0 aromatic heterocycles. The monoisotopic (exact) mass is 440 g/mol. The highest BCUT2D eigenvalue weighted by Gasteiger charge is 2.06. The molecule has 3 aromatic rings. The van der Waals surface area contributed by atoms with E-state index in [9.17, 15) is 4.39 Å². The van der Waals surface area contributed by atoms with Crippen LogP contribution in [-0.2, 0) is 12.8 Å². The molecule has 0 N–H and O–H groups in total. The third-order valence-corrected chi connectivity index (χ3v) is 5.66. The highest BCUT2D eigenvalue weighted by atomic mass is 19.1. The van der Waals surface area contributed by atoms with Crippen LogP contribution in [0.1, 0.15) is 61.3 Å². The summed E-state index contributed by atoms with van der Waals surface area (Å²) < 4.78 is 14.7. The van der Waals surface area contributed by atoms with E-state index in [2.05, 4.69) is 48.0 Å². The Hall–Kier alpha value is -3.33. The molecule has 3 heteroatoms. The third kappa shape index (κ3) is 7.94. The molecule has 0 radical (unpaired) electrons. The van der Waals surface area contributed by atoms with Crippen molar-refractivity contribution in [1.29, 1.82) is 0 Å². The van der Waals surface area contributed by atoms with Crippen LogP contribution >= 0.6 is 0 Å². The summed E-state index contributed by atoms with van der Waals surface area (Å²) in [6.07, 6.45) is 13.2. The lowest BCUT2D eigenvalue weighted by atomic mass is 10.0. The lowest BCUT2D eigenvalue weighted by Gasteiger charge is -2.06. The molecule has 0 unspecified atom stereocenters. The van der Waals surface area contributed by atoms with Crippen molar-refractivity contribution in [2.75, 3.05) is 0 Å². The van der Waals surface area contributed by atoms with E-state index >= 15 is 0 Å². The van der Waals surface area contributed by atoms with Gasteiger partial charge in [0.25, 0.3) is 0 Å². The maximum absolute atomic E-state index is 14.7. The van der Waals surface area contributed by atoms with E-state index in [1.54, 1.807) is 18.5 Å². The molecule has 0 aliphatic rings. The van der Waals surface area contributed by atoms with E-state index in [0.717, 1.165) is 30.4 Å². The zero-order valence-electron chi connectivity index (χ0n) is 19.5. The smallest absolute Gasteiger partial charge is 0.131 e. The van der Waals surface area contributed by atoms with Gasteiger partial charge in [-0.3, -0.25) is 0 Å². The van der Waals surface area contributed by atoms with Gasteiger partial charge in [-0.1, -0.05) is 80.1 Å². The number of benzene rings is 3. The van der Waals surface area contributed by atoms with Gasteiger partial charge in [-0.25, -0.2) is 4.39 Å². The molecule has 0 bridgehead atoms. The number of halogens is 1. The lowest BCUT2D eigenvalue weighted by Crippen LogP contribution is -1.90. The van der Waals surface area contributed by atoms with Crippen LogP contribution in [0.25, 0.3) is 11.1 Å². The molecule has 0 fully saturated rings. The highest BCUT2D eigenvalue weighted by molar-refractivity contribution is 5.83. The van der Waals surface area contributed by atoms with E-state index in [4.69, 9.17) is 0 Å². The number of nitrogens with zero attached hydrogens (tertiary/aromatic N) is 2.